The molecule has 25 heavy (non-hydrogen) atoms. The first-order valence-corrected chi connectivity index (χ1v) is 9.01. The number of hydrogen-bond donors (Lipinski definition) is 1. The smallest absolute Gasteiger partial charge is 0.288 e. The van der Waals surface area contributed by atoms with E-state index in [0.29, 0.717) is 33.1 Å². The molecule has 2 aromatic carbocycles. The van der Waals surface area contributed by atoms with Crippen molar-refractivity contribution >= 4 is 44.4 Å². The molecule has 0 spiro atoms. The number of hydrogen-bond acceptors (Lipinski definition) is 5. The first-order valence-electron chi connectivity index (χ1n) is 7.31. The van der Waals surface area contributed by atoms with E-state index in [9.17, 15) is 13.6 Å². The van der Waals surface area contributed by atoms with Crippen LogP contribution >= 0.6 is 23.1 Å². The van der Waals surface area contributed by atoms with E-state index >= 15 is 0 Å². The Balaban J connectivity index is 1.70. The standard InChI is InChI=1S/C17H14F2N2O2S2/c1-23-11-4-2-3-10(7-11)8-15(22)21-17-20-13-6-5-12(24-16(18)19)9-14(13)25-17/h2-7,9,16H,8H2,1H3,(H,20,21,22). The average Bonchev–Trinajstić information content (AvgIpc) is 2.95. The number of halogens is 2. The van der Waals surface area contributed by atoms with E-state index in [2.05, 4.69) is 10.3 Å². The fraction of sp³-hybridized carbons (Fsp3) is 0.176. The Kier molecular flexibility index (Phi) is 5.50. The summed E-state index contributed by atoms with van der Waals surface area (Å²) in [7, 11) is 1.57. The number of thioether (sulfide) groups is 1. The zero-order valence-corrected chi connectivity index (χ0v) is 14.8. The summed E-state index contributed by atoms with van der Waals surface area (Å²) in [5.74, 6) is -1.98. The maximum Gasteiger partial charge on any atom is 0.288 e. The number of ether oxygens (including phenoxy) is 1. The molecule has 0 saturated carbocycles. The van der Waals surface area contributed by atoms with Gasteiger partial charge in [-0.15, -0.1) is 0 Å². The first-order chi connectivity index (χ1) is 12.0. The van der Waals surface area contributed by atoms with Crippen molar-refractivity contribution in [1.82, 2.24) is 4.98 Å². The van der Waals surface area contributed by atoms with Gasteiger partial charge in [-0.05, 0) is 35.9 Å². The average molecular weight is 380 g/mol. The van der Waals surface area contributed by atoms with Gasteiger partial charge in [-0.2, -0.15) is 8.78 Å². The monoisotopic (exact) mass is 380 g/mol. The highest BCUT2D eigenvalue weighted by molar-refractivity contribution is 7.99. The molecule has 0 saturated heterocycles. The SMILES string of the molecule is COc1cccc(CC(=O)Nc2nc3ccc(SC(F)F)cc3s2)c1. The summed E-state index contributed by atoms with van der Waals surface area (Å²) in [6.07, 6.45) is 0.194. The van der Waals surface area contributed by atoms with E-state index in [1.54, 1.807) is 31.4 Å². The van der Waals surface area contributed by atoms with E-state index in [1.807, 2.05) is 18.2 Å². The zero-order valence-electron chi connectivity index (χ0n) is 13.2. The minimum atomic E-state index is -2.47. The predicted octanol–water partition coefficient (Wildman–Crippen LogP) is 4.80. The Morgan fingerprint density at radius 3 is 2.92 bits per heavy atom. The number of rotatable bonds is 6. The van der Waals surface area contributed by atoms with Crippen LogP contribution in [-0.2, 0) is 11.2 Å². The van der Waals surface area contributed by atoms with Gasteiger partial charge in [0.2, 0.25) is 5.91 Å². The summed E-state index contributed by atoms with van der Waals surface area (Å²) in [5.41, 5.74) is 1.49. The third-order valence-electron chi connectivity index (χ3n) is 3.33. The summed E-state index contributed by atoms with van der Waals surface area (Å²) in [4.78, 5) is 17.0. The molecule has 0 bridgehead atoms. The third kappa shape index (κ3) is 4.67. The lowest BCUT2D eigenvalue weighted by molar-refractivity contribution is -0.115. The van der Waals surface area contributed by atoms with Crippen LogP contribution in [0, 0.1) is 0 Å². The molecule has 0 aliphatic heterocycles. The number of fused-ring (bicyclic) bond motifs is 1. The molecule has 1 aromatic heterocycles. The van der Waals surface area contributed by atoms with Gasteiger partial charge < -0.3 is 10.1 Å². The van der Waals surface area contributed by atoms with Gasteiger partial charge in [0.15, 0.2) is 5.13 Å². The molecule has 8 heteroatoms. The second-order valence-electron chi connectivity index (χ2n) is 5.10. The Hall–Kier alpha value is -2.19. The van der Waals surface area contributed by atoms with Gasteiger partial charge in [0.1, 0.15) is 5.75 Å². The van der Waals surface area contributed by atoms with Gasteiger partial charge >= 0.3 is 0 Å². The molecule has 0 aliphatic rings. The van der Waals surface area contributed by atoms with Gasteiger partial charge in [0.05, 0.1) is 23.7 Å². The molecule has 4 nitrogen and oxygen atoms in total. The van der Waals surface area contributed by atoms with Gasteiger partial charge in [-0.1, -0.05) is 35.2 Å². The molecule has 0 aliphatic carbocycles. The zero-order chi connectivity index (χ0) is 17.8. The van der Waals surface area contributed by atoms with Gasteiger partial charge in [0.25, 0.3) is 5.76 Å². The van der Waals surface area contributed by atoms with Crippen LogP contribution in [-0.4, -0.2) is 23.8 Å². The second kappa shape index (κ2) is 7.79. The number of nitrogens with zero attached hydrogens (tertiary/aromatic N) is 1. The van der Waals surface area contributed by atoms with E-state index in [0.717, 1.165) is 10.3 Å². The molecule has 1 N–H and O–H groups in total. The number of benzene rings is 2. The molecule has 130 valence electrons. The van der Waals surface area contributed by atoms with Crippen LogP contribution in [0.25, 0.3) is 10.2 Å². The molecule has 1 heterocycles. The highest BCUT2D eigenvalue weighted by Gasteiger charge is 2.11. The minimum absolute atomic E-state index is 0.194. The van der Waals surface area contributed by atoms with E-state index in [4.69, 9.17) is 4.74 Å². The topological polar surface area (TPSA) is 51.2 Å². The fourth-order valence-electron chi connectivity index (χ4n) is 2.27. The minimum Gasteiger partial charge on any atom is -0.497 e. The summed E-state index contributed by atoms with van der Waals surface area (Å²) >= 11 is 1.75. The highest BCUT2D eigenvalue weighted by atomic mass is 32.2. The molecule has 1 amide bonds. The molecular weight excluding hydrogens is 366 g/mol. The van der Waals surface area contributed by atoms with Crippen LogP contribution in [0.15, 0.2) is 47.4 Å². The maximum absolute atomic E-state index is 12.4. The lowest BCUT2D eigenvalue weighted by Crippen LogP contribution is -2.14. The normalized spacial score (nSPS) is 11.0. The van der Waals surface area contributed by atoms with Gasteiger partial charge in [-0.3, -0.25) is 4.79 Å². The largest absolute Gasteiger partial charge is 0.497 e. The van der Waals surface area contributed by atoms with Gasteiger partial charge in [0, 0.05) is 4.90 Å². The van der Waals surface area contributed by atoms with E-state index < -0.39 is 5.76 Å². The second-order valence-corrected chi connectivity index (χ2v) is 7.20. The number of carbonyl (C=O) groups is 1. The quantitative estimate of drug-likeness (QED) is 0.624. The summed E-state index contributed by atoms with van der Waals surface area (Å²) in [5, 5.41) is 3.20. The van der Waals surface area contributed by atoms with Crippen molar-refractivity contribution < 1.29 is 18.3 Å². The summed E-state index contributed by atoms with van der Waals surface area (Å²) < 4.78 is 30.8. The van der Waals surface area contributed by atoms with E-state index in [-0.39, 0.29) is 12.3 Å². The number of anilines is 1. The third-order valence-corrected chi connectivity index (χ3v) is 4.97. The molecule has 0 radical (unpaired) electrons. The van der Waals surface area contributed by atoms with Crippen LogP contribution in [0.3, 0.4) is 0 Å². The predicted molar refractivity (Wildman–Crippen MR) is 96.8 cm³/mol. The number of methoxy groups -OCH3 is 1. The Labute approximate surface area is 151 Å². The molecule has 3 aromatic rings. The Bertz CT molecular complexity index is 899. The van der Waals surface area contributed by atoms with Crippen molar-refractivity contribution in [2.75, 3.05) is 12.4 Å². The first kappa shape index (κ1) is 17.6. The van der Waals surface area contributed by atoms with Crippen molar-refractivity contribution in [1.29, 1.82) is 0 Å². The highest BCUT2D eigenvalue weighted by Crippen LogP contribution is 2.32. The molecule has 3 rings (SSSR count). The van der Waals surface area contributed by atoms with Crippen molar-refractivity contribution in [3.8, 4) is 5.75 Å². The van der Waals surface area contributed by atoms with Crippen LogP contribution in [0.1, 0.15) is 5.56 Å². The summed E-state index contributed by atoms with van der Waals surface area (Å²) in [6, 6.07) is 12.2. The number of thiazole rings is 1. The Morgan fingerprint density at radius 2 is 2.16 bits per heavy atom. The number of alkyl halides is 2. The fourth-order valence-corrected chi connectivity index (χ4v) is 3.80. The summed E-state index contributed by atoms with van der Waals surface area (Å²) in [6.45, 7) is 0. The van der Waals surface area contributed by atoms with Crippen molar-refractivity contribution in [3.63, 3.8) is 0 Å². The van der Waals surface area contributed by atoms with Gasteiger partial charge in [-0.25, -0.2) is 4.98 Å². The number of amides is 1. The van der Waals surface area contributed by atoms with E-state index in [1.165, 1.54) is 11.3 Å². The molecular formula is C17H14F2N2O2S2. The molecule has 0 unspecified atom stereocenters. The van der Waals surface area contributed by atoms with Crippen LogP contribution < -0.4 is 10.1 Å². The lowest BCUT2D eigenvalue weighted by atomic mass is 10.1. The van der Waals surface area contributed by atoms with Crippen LogP contribution in [0.5, 0.6) is 5.75 Å². The maximum atomic E-state index is 12.4. The van der Waals surface area contributed by atoms with Crippen molar-refractivity contribution in [2.45, 2.75) is 17.1 Å². The lowest BCUT2D eigenvalue weighted by Gasteiger charge is -2.04. The Morgan fingerprint density at radius 1 is 1.32 bits per heavy atom. The molecule has 0 atom stereocenters. The number of nitrogens with one attached hydrogen (secondary N) is 1. The van der Waals surface area contributed by atoms with Crippen LogP contribution in [0.2, 0.25) is 0 Å². The van der Waals surface area contributed by atoms with Crippen molar-refractivity contribution in [2.24, 2.45) is 0 Å². The van der Waals surface area contributed by atoms with Crippen LogP contribution in [0.4, 0.5) is 13.9 Å². The number of aromatic nitrogens is 1. The van der Waals surface area contributed by atoms with Crippen molar-refractivity contribution in [3.05, 3.63) is 48.0 Å². The number of carbonyl (C=O) groups excluding carboxylic acids is 1. The molecule has 0 fully saturated rings.